The quantitative estimate of drug-likeness (QED) is 0.811. The summed E-state index contributed by atoms with van der Waals surface area (Å²) in [5.41, 5.74) is 0.137. The Bertz CT molecular complexity index is 687. The van der Waals surface area contributed by atoms with E-state index in [1.54, 1.807) is 6.92 Å². The van der Waals surface area contributed by atoms with Gasteiger partial charge in [-0.3, -0.25) is 10.1 Å². The molecule has 2 aliphatic rings. The van der Waals surface area contributed by atoms with Crippen LogP contribution in [0.15, 0.2) is 16.6 Å². The van der Waals surface area contributed by atoms with Gasteiger partial charge >= 0.3 is 5.97 Å². The van der Waals surface area contributed by atoms with Gasteiger partial charge < -0.3 is 14.2 Å². The van der Waals surface area contributed by atoms with E-state index in [2.05, 4.69) is 27.3 Å². The number of rotatable bonds is 3. The molecular weight excluding hydrogens is 364 g/mol. The van der Waals surface area contributed by atoms with E-state index >= 15 is 0 Å². The monoisotopic (exact) mass is 380 g/mol. The molecule has 0 bridgehead atoms. The minimum atomic E-state index is -0.729. The van der Waals surface area contributed by atoms with Gasteiger partial charge in [-0.25, -0.2) is 0 Å². The number of nitrogens with one attached hydrogen (secondary N) is 1. The second kappa shape index (κ2) is 6.02. The van der Waals surface area contributed by atoms with E-state index in [4.69, 9.17) is 14.2 Å². The number of hydrogen-bond donors (Lipinski definition) is 1. The Morgan fingerprint density at radius 2 is 2.22 bits per heavy atom. The normalized spacial score (nSPS) is 28.4. The fourth-order valence-electron chi connectivity index (χ4n) is 3.08. The highest BCUT2D eigenvalue weighted by Gasteiger charge is 2.48. The molecule has 1 aromatic rings. The van der Waals surface area contributed by atoms with E-state index in [0.717, 1.165) is 10.0 Å². The van der Waals surface area contributed by atoms with Crippen molar-refractivity contribution in [1.29, 1.82) is 5.26 Å². The van der Waals surface area contributed by atoms with Crippen molar-refractivity contribution in [3.05, 3.63) is 22.2 Å². The number of hydrogen-bond acceptors (Lipinski definition) is 6. The first-order chi connectivity index (χ1) is 11.0. The lowest BCUT2D eigenvalue weighted by Crippen LogP contribution is -2.34. The first kappa shape index (κ1) is 16.1. The van der Waals surface area contributed by atoms with Gasteiger partial charge in [0.25, 0.3) is 0 Å². The lowest BCUT2D eigenvalue weighted by Gasteiger charge is -2.25. The molecule has 3 rings (SSSR count). The standard InChI is InChI=1S/C16H17BrN2O4/c1-3-21-15(20)11-6-16(2,7-18)14(19-11)9-4-12-13(5-10(9)17)23-8-22-12/h4-5,11,14,19H,3,6,8H2,1-2H3/t11-,14+,16-/m1/s1. The summed E-state index contributed by atoms with van der Waals surface area (Å²) in [4.78, 5) is 12.0. The van der Waals surface area contributed by atoms with Crippen LogP contribution in [-0.2, 0) is 9.53 Å². The average Bonchev–Trinajstić information content (AvgIpc) is 3.11. The van der Waals surface area contributed by atoms with Crippen LogP contribution in [-0.4, -0.2) is 25.4 Å². The van der Waals surface area contributed by atoms with Crippen molar-refractivity contribution in [1.82, 2.24) is 5.32 Å². The van der Waals surface area contributed by atoms with Gasteiger partial charge in [0.1, 0.15) is 6.04 Å². The topological polar surface area (TPSA) is 80.6 Å². The number of nitrogens with zero attached hydrogens (tertiary/aromatic N) is 1. The molecule has 1 fully saturated rings. The predicted molar refractivity (Wildman–Crippen MR) is 84.9 cm³/mol. The van der Waals surface area contributed by atoms with Crippen LogP contribution in [0.25, 0.3) is 0 Å². The maximum atomic E-state index is 12.0. The maximum Gasteiger partial charge on any atom is 0.323 e. The van der Waals surface area contributed by atoms with E-state index in [-0.39, 0.29) is 18.8 Å². The molecule has 0 saturated carbocycles. The molecule has 3 atom stereocenters. The molecule has 2 heterocycles. The molecule has 6 nitrogen and oxygen atoms in total. The van der Waals surface area contributed by atoms with Gasteiger partial charge in [0.15, 0.2) is 11.5 Å². The van der Waals surface area contributed by atoms with Gasteiger partial charge in [0.2, 0.25) is 6.79 Å². The van der Waals surface area contributed by atoms with Crippen LogP contribution >= 0.6 is 15.9 Å². The smallest absolute Gasteiger partial charge is 0.323 e. The van der Waals surface area contributed by atoms with Crippen LogP contribution in [0, 0.1) is 16.7 Å². The molecule has 122 valence electrons. The SMILES string of the molecule is CCOC(=O)[C@H]1C[C@](C)(C#N)[C@H](c2cc3c(cc2Br)OCO3)N1. The molecule has 0 aliphatic carbocycles. The summed E-state index contributed by atoms with van der Waals surface area (Å²) < 4.78 is 16.7. The number of halogens is 1. The van der Waals surface area contributed by atoms with Gasteiger partial charge in [-0.1, -0.05) is 15.9 Å². The molecule has 0 aromatic heterocycles. The van der Waals surface area contributed by atoms with Crippen LogP contribution in [0.2, 0.25) is 0 Å². The number of carbonyl (C=O) groups is 1. The van der Waals surface area contributed by atoms with Crippen LogP contribution < -0.4 is 14.8 Å². The summed E-state index contributed by atoms with van der Waals surface area (Å²) >= 11 is 3.53. The largest absolute Gasteiger partial charge is 0.465 e. The molecule has 0 spiro atoms. The van der Waals surface area contributed by atoms with Gasteiger partial charge in [0, 0.05) is 4.47 Å². The Hall–Kier alpha value is -1.78. The van der Waals surface area contributed by atoms with Gasteiger partial charge in [0.05, 0.1) is 24.1 Å². The van der Waals surface area contributed by atoms with Crippen molar-refractivity contribution in [3.63, 3.8) is 0 Å². The number of carbonyl (C=O) groups excluding carboxylic acids is 1. The Kier molecular flexibility index (Phi) is 4.21. The Morgan fingerprint density at radius 1 is 1.52 bits per heavy atom. The van der Waals surface area contributed by atoms with Crippen molar-refractivity contribution >= 4 is 21.9 Å². The summed E-state index contributed by atoms with van der Waals surface area (Å²) in [6.45, 7) is 4.12. The van der Waals surface area contributed by atoms with Crippen molar-refractivity contribution < 1.29 is 19.0 Å². The fourth-order valence-corrected chi connectivity index (χ4v) is 3.63. The zero-order chi connectivity index (χ0) is 16.6. The van der Waals surface area contributed by atoms with Crippen LogP contribution in [0.4, 0.5) is 0 Å². The summed E-state index contributed by atoms with van der Waals surface area (Å²) in [5.74, 6) is 0.984. The Balaban J connectivity index is 1.95. The highest BCUT2D eigenvalue weighted by molar-refractivity contribution is 9.10. The van der Waals surface area contributed by atoms with Crippen LogP contribution in [0.1, 0.15) is 31.9 Å². The molecule has 7 heteroatoms. The van der Waals surface area contributed by atoms with Crippen molar-refractivity contribution in [2.24, 2.45) is 5.41 Å². The molecule has 0 radical (unpaired) electrons. The first-order valence-corrected chi connectivity index (χ1v) is 8.21. The maximum absolute atomic E-state index is 12.0. The average molecular weight is 381 g/mol. The molecule has 23 heavy (non-hydrogen) atoms. The lowest BCUT2D eigenvalue weighted by atomic mass is 9.80. The molecule has 0 amide bonds. The van der Waals surface area contributed by atoms with Crippen molar-refractivity contribution in [2.75, 3.05) is 13.4 Å². The fraction of sp³-hybridized carbons (Fsp3) is 0.500. The van der Waals surface area contributed by atoms with Gasteiger partial charge in [-0.2, -0.15) is 5.26 Å². The molecular formula is C16H17BrN2O4. The summed E-state index contributed by atoms with van der Waals surface area (Å²) in [5, 5.41) is 12.9. The van der Waals surface area contributed by atoms with E-state index < -0.39 is 11.5 Å². The highest BCUT2D eigenvalue weighted by atomic mass is 79.9. The Labute approximate surface area is 142 Å². The van der Waals surface area contributed by atoms with Gasteiger partial charge in [-0.05, 0) is 38.0 Å². The second-order valence-corrected chi connectivity index (χ2v) is 6.72. The van der Waals surface area contributed by atoms with Gasteiger partial charge in [-0.15, -0.1) is 0 Å². The van der Waals surface area contributed by atoms with E-state index in [1.165, 1.54) is 0 Å². The molecule has 1 aromatic carbocycles. The van der Waals surface area contributed by atoms with Crippen LogP contribution in [0.3, 0.4) is 0 Å². The second-order valence-electron chi connectivity index (χ2n) is 5.86. The van der Waals surface area contributed by atoms with E-state index in [0.29, 0.717) is 24.5 Å². The Morgan fingerprint density at radius 3 is 2.87 bits per heavy atom. The molecule has 1 N–H and O–H groups in total. The third-order valence-corrected chi connectivity index (χ3v) is 4.95. The molecule has 1 saturated heterocycles. The van der Waals surface area contributed by atoms with Crippen molar-refractivity contribution in [2.45, 2.75) is 32.4 Å². The van der Waals surface area contributed by atoms with Crippen LogP contribution in [0.5, 0.6) is 11.5 Å². The predicted octanol–water partition coefficient (Wildman–Crippen LogP) is 2.67. The lowest BCUT2D eigenvalue weighted by molar-refractivity contribution is -0.145. The van der Waals surface area contributed by atoms with E-state index in [1.807, 2.05) is 19.1 Å². The third-order valence-electron chi connectivity index (χ3n) is 4.26. The summed E-state index contributed by atoms with van der Waals surface area (Å²) in [6.07, 6.45) is 0.397. The number of fused-ring (bicyclic) bond motifs is 1. The zero-order valence-electron chi connectivity index (χ0n) is 12.9. The molecule has 0 unspecified atom stereocenters. The number of nitriles is 1. The minimum absolute atomic E-state index is 0.185. The first-order valence-electron chi connectivity index (χ1n) is 7.41. The van der Waals surface area contributed by atoms with Crippen molar-refractivity contribution in [3.8, 4) is 17.6 Å². The summed E-state index contributed by atoms with van der Waals surface area (Å²) in [6, 6.07) is 5.22. The number of ether oxygens (including phenoxy) is 3. The minimum Gasteiger partial charge on any atom is -0.465 e. The molecule has 2 aliphatic heterocycles. The zero-order valence-corrected chi connectivity index (χ0v) is 14.5. The van der Waals surface area contributed by atoms with E-state index in [9.17, 15) is 10.1 Å². The number of esters is 1. The summed E-state index contributed by atoms with van der Waals surface area (Å²) in [7, 11) is 0. The highest BCUT2D eigenvalue weighted by Crippen LogP contribution is 2.48. The third kappa shape index (κ3) is 2.77. The number of benzene rings is 1.